The molecule has 29 heavy (non-hydrogen) atoms. The molecular formula is C22H23N5OS. The summed E-state index contributed by atoms with van der Waals surface area (Å²) in [6, 6.07) is 16.1. The second kappa shape index (κ2) is 8.13. The van der Waals surface area contributed by atoms with E-state index in [-0.39, 0.29) is 11.7 Å². The summed E-state index contributed by atoms with van der Waals surface area (Å²) in [5.41, 5.74) is 4.15. The van der Waals surface area contributed by atoms with E-state index in [1.54, 1.807) is 0 Å². The summed E-state index contributed by atoms with van der Waals surface area (Å²) in [5.74, 6) is 1.01. The SMILES string of the molecule is CCn1cc(-c2nnc(SCC(=O)Nc3cccc(C)c3)n2C)c2ccccc21. The van der Waals surface area contributed by atoms with Gasteiger partial charge in [0.25, 0.3) is 0 Å². The Bertz CT molecular complexity index is 1180. The van der Waals surface area contributed by atoms with Crippen LogP contribution >= 0.6 is 11.8 Å². The van der Waals surface area contributed by atoms with E-state index in [1.165, 1.54) is 17.3 Å². The maximum absolute atomic E-state index is 12.3. The van der Waals surface area contributed by atoms with Crippen LogP contribution in [-0.2, 0) is 18.4 Å². The van der Waals surface area contributed by atoms with Crippen molar-refractivity contribution in [3.8, 4) is 11.4 Å². The van der Waals surface area contributed by atoms with Gasteiger partial charge in [-0.3, -0.25) is 4.79 Å². The molecule has 0 radical (unpaired) electrons. The highest BCUT2D eigenvalue weighted by molar-refractivity contribution is 7.99. The molecule has 2 aromatic heterocycles. The van der Waals surface area contributed by atoms with E-state index in [1.807, 2.05) is 54.9 Å². The zero-order valence-electron chi connectivity index (χ0n) is 16.7. The molecular weight excluding hydrogens is 382 g/mol. The summed E-state index contributed by atoms with van der Waals surface area (Å²) in [7, 11) is 1.94. The maximum Gasteiger partial charge on any atom is 0.234 e. The number of rotatable bonds is 6. The van der Waals surface area contributed by atoms with Crippen LogP contribution in [0.2, 0.25) is 0 Å². The van der Waals surface area contributed by atoms with Crippen molar-refractivity contribution in [3.05, 3.63) is 60.3 Å². The Labute approximate surface area is 173 Å². The monoisotopic (exact) mass is 405 g/mol. The van der Waals surface area contributed by atoms with Crippen molar-refractivity contribution in [1.82, 2.24) is 19.3 Å². The van der Waals surface area contributed by atoms with Crippen molar-refractivity contribution in [2.75, 3.05) is 11.1 Å². The molecule has 0 saturated heterocycles. The first-order chi connectivity index (χ1) is 14.1. The van der Waals surface area contributed by atoms with Crippen molar-refractivity contribution in [3.63, 3.8) is 0 Å². The van der Waals surface area contributed by atoms with Crippen LogP contribution in [0.5, 0.6) is 0 Å². The highest BCUT2D eigenvalue weighted by atomic mass is 32.2. The highest BCUT2D eigenvalue weighted by Gasteiger charge is 2.17. The van der Waals surface area contributed by atoms with Crippen LogP contribution in [0.1, 0.15) is 12.5 Å². The normalized spacial score (nSPS) is 11.1. The number of benzene rings is 2. The molecule has 0 aliphatic carbocycles. The van der Waals surface area contributed by atoms with Crippen molar-refractivity contribution in [2.45, 2.75) is 25.5 Å². The van der Waals surface area contributed by atoms with Gasteiger partial charge in [-0.15, -0.1) is 10.2 Å². The quantitative estimate of drug-likeness (QED) is 0.480. The minimum atomic E-state index is -0.0623. The Morgan fingerprint density at radius 1 is 1.14 bits per heavy atom. The van der Waals surface area contributed by atoms with Crippen molar-refractivity contribution in [1.29, 1.82) is 0 Å². The number of nitrogens with one attached hydrogen (secondary N) is 1. The summed E-state index contributed by atoms with van der Waals surface area (Å²) in [6.07, 6.45) is 2.12. The molecule has 4 aromatic rings. The summed E-state index contributed by atoms with van der Waals surface area (Å²) in [5, 5.41) is 13.5. The standard InChI is InChI=1S/C22H23N5OS/c1-4-27-13-18(17-10-5-6-11-19(17)27)21-24-25-22(26(21)3)29-14-20(28)23-16-9-7-8-15(2)12-16/h5-13H,4,14H2,1-3H3,(H,23,28). The smallest absolute Gasteiger partial charge is 0.234 e. The van der Waals surface area contributed by atoms with Gasteiger partial charge in [0.2, 0.25) is 5.91 Å². The number of hydrogen-bond acceptors (Lipinski definition) is 4. The van der Waals surface area contributed by atoms with E-state index in [9.17, 15) is 4.79 Å². The van der Waals surface area contributed by atoms with Gasteiger partial charge in [0.05, 0.1) is 5.75 Å². The van der Waals surface area contributed by atoms with Crippen LogP contribution in [0.25, 0.3) is 22.3 Å². The fourth-order valence-corrected chi connectivity index (χ4v) is 4.12. The van der Waals surface area contributed by atoms with Crippen LogP contribution in [-0.4, -0.2) is 31.0 Å². The van der Waals surface area contributed by atoms with Gasteiger partial charge < -0.3 is 14.5 Å². The van der Waals surface area contributed by atoms with E-state index < -0.39 is 0 Å². The molecule has 0 aliphatic heterocycles. The lowest BCUT2D eigenvalue weighted by molar-refractivity contribution is -0.113. The Morgan fingerprint density at radius 3 is 2.76 bits per heavy atom. The number of anilines is 1. The second-order valence-electron chi connectivity index (χ2n) is 6.92. The van der Waals surface area contributed by atoms with Crippen LogP contribution in [0.4, 0.5) is 5.69 Å². The van der Waals surface area contributed by atoms with Crippen LogP contribution in [0.15, 0.2) is 59.9 Å². The van der Waals surface area contributed by atoms with Gasteiger partial charge in [-0.1, -0.05) is 42.1 Å². The number of fused-ring (bicyclic) bond motifs is 1. The van der Waals surface area contributed by atoms with Crippen LogP contribution in [0.3, 0.4) is 0 Å². The molecule has 7 heteroatoms. The summed E-state index contributed by atoms with van der Waals surface area (Å²) in [6.45, 7) is 5.02. The molecule has 0 fully saturated rings. The summed E-state index contributed by atoms with van der Waals surface area (Å²) < 4.78 is 4.16. The first-order valence-electron chi connectivity index (χ1n) is 9.53. The maximum atomic E-state index is 12.3. The molecule has 0 saturated carbocycles. The Morgan fingerprint density at radius 2 is 1.97 bits per heavy atom. The second-order valence-corrected chi connectivity index (χ2v) is 7.86. The van der Waals surface area contributed by atoms with Gasteiger partial charge in [0.1, 0.15) is 0 Å². The number of aromatic nitrogens is 4. The molecule has 2 aromatic carbocycles. The molecule has 0 unspecified atom stereocenters. The Balaban J connectivity index is 1.51. The third kappa shape index (κ3) is 3.91. The van der Waals surface area contributed by atoms with Gasteiger partial charge in [-0.25, -0.2) is 0 Å². The third-order valence-electron chi connectivity index (χ3n) is 4.84. The van der Waals surface area contributed by atoms with Gasteiger partial charge in [-0.05, 0) is 37.6 Å². The fraction of sp³-hybridized carbons (Fsp3) is 0.227. The molecule has 148 valence electrons. The molecule has 2 heterocycles. The molecule has 0 atom stereocenters. The van der Waals surface area contributed by atoms with Crippen molar-refractivity contribution >= 4 is 34.3 Å². The van der Waals surface area contributed by atoms with E-state index in [4.69, 9.17) is 0 Å². The van der Waals surface area contributed by atoms with Crippen molar-refractivity contribution < 1.29 is 4.79 Å². The van der Waals surface area contributed by atoms with E-state index >= 15 is 0 Å². The minimum absolute atomic E-state index is 0.0623. The zero-order valence-corrected chi connectivity index (χ0v) is 17.5. The van der Waals surface area contributed by atoms with Gasteiger partial charge in [0, 0.05) is 41.9 Å². The summed E-state index contributed by atoms with van der Waals surface area (Å²) in [4.78, 5) is 12.3. The molecule has 1 N–H and O–H groups in total. The lowest BCUT2D eigenvalue weighted by Crippen LogP contribution is -2.14. The minimum Gasteiger partial charge on any atom is -0.347 e. The summed E-state index contributed by atoms with van der Waals surface area (Å²) >= 11 is 1.38. The molecule has 0 spiro atoms. The van der Waals surface area contributed by atoms with Crippen LogP contribution < -0.4 is 5.32 Å². The number of aryl methyl sites for hydroxylation is 2. The van der Waals surface area contributed by atoms with Gasteiger partial charge in [-0.2, -0.15) is 0 Å². The van der Waals surface area contributed by atoms with Gasteiger partial charge in [0.15, 0.2) is 11.0 Å². The lowest BCUT2D eigenvalue weighted by Gasteiger charge is -2.06. The Kier molecular flexibility index (Phi) is 5.40. The number of carbonyl (C=O) groups excluding carboxylic acids is 1. The number of thioether (sulfide) groups is 1. The predicted octanol–water partition coefficient (Wildman–Crippen LogP) is 4.50. The number of carbonyl (C=O) groups is 1. The Hall–Kier alpha value is -3.06. The number of hydrogen-bond donors (Lipinski definition) is 1. The topological polar surface area (TPSA) is 64.7 Å². The number of para-hydroxylation sites is 1. The van der Waals surface area contributed by atoms with E-state index in [0.717, 1.165) is 34.6 Å². The average molecular weight is 406 g/mol. The fourth-order valence-electron chi connectivity index (χ4n) is 3.41. The van der Waals surface area contributed by atoms with Crippen molar-refractivity contribution in [2.24, 2.45) is 7.05 Å². The third-order valence-corrected chi connectivity index (χ3v) is 5.86. The predicted molar refractivity (Wildman–Crippen MR) is 118 cm³/mol. The molecule has 0 aliphatic rings. The molecule has 4 rings (SSSR count). The zero-order chi connectivity index (χ0) is 20.4. The molecule has 1 amide bonds. The first kappa shape index (κ1) is 19.3. The largest absolute Gasteiger partial charge is 0.347 e. The molecule has 0 bridgehead atoms. The average Bonchev–Trinajstić information content (AvgIpc) is 3.26. The highest BCUT2D eigenvalue weighted by Crippen LogP contribution is 2.31. The van der Waals surface area contributed by atoms with Crippen LogP contribution in [0, 0.1) is 6.92 Å². The lowest BCUT2D eigenvalue weighted by atomic mass is 10.1. The first-order valence-corrected chi connectivity index (χ1v) is 10.5. The van der Waals surface area contributed by atoms with Gasteiger partial charge >= 0.3 is 0 Å². The van der Waals surface area contributed by atoms with E-state index in [2.05, 4.69) is 45.3 Å². The number of nitrogens with zero attached hydrogens (tertiary/aromatic N) is 4. The number of amides is 1. The molecule has 6 nitrogen and oxygen atoms in total. The van der Waals surface area contributed by atoms with E-state index in [0.29, 0.717) is 5.16 Å².